The highest BCUT2D eigenvalue weighted by Crippen LogP contribution is 2.22. The lowest BCUT2D eigenvalue weighted by Gasteiger charge is -2.19. The van der Waals surface area contributed by atoms with Crippen molar-refractivity contribution >= 4 is 17.5 Å². The summed E-state index contributed by atoms with van der Waals surface area (Å²) in [6.07, 6.45) is 4.33. The number of ether oxygens (including phenoxy) is 1. The summed E-state index contributed by atoms with van der Waals surface area (Å²) in [6, 6.07) is 11.1. The third-order valence-corrected chi connectivity index (χ3v) is 5.00. The molecule has 1 atom stereocenters. The van der Waals surface area contributed by atoms with Crippen molar-refractivity contribution in [1.29, 1.82) is 0 Å². The molecule has 7 heteroatoms. The lowest BCUT2D eigenvalue weighted by atomic mass is 10.1. The highest BCUT2D eigenvalue weighted by atomic mass is 35.5. The summed E-state index contributed by atoms with van der Waals surface area (Å²) in [4.78, 5) is 16.9. The number of hydrogen-bond acceptors (Lipinski definition) is 3. The molecule has 0 saturated carbocycles. The van der Waals surface area contributed by atoms with Crippen LogP contribution >= 0.6 is 11.6 Å². The van der Waals surface area contributed by atoms with Crippen LogP contribution in [-0.2, 0) is 11.8 Å². The number of rotatable bonds is 8. The van der Waals surface area contributed by atoms with Gasteiger partial charge in [0.15, 0.2) is 0 Å². The molecule has 29 heavy (non-hydrogen) atoms. The maximum Gasteiger partial charge on any atom is 0.220 e. The van der Waals surface area contributed by atoms with Gasteiger partial charge in [-0.25, -0.2) is 9.37 Å². The Kier molecular flexibility index (Phi) is 6.88. The number of halogens is 2. The predicted octanol–water partition coefficient (Wildman–Crippen LogP) is 4.59. The van der Waals surface area contributed by atoms with Crippen LogP contribution in [0.1, 0.15) is 35.8 Å². The van der Waals surface area contributed by atoms with Gasteiger partial charge in [-0.1, -0.05) is 23.7 Å². The molecule has 5 nitrogen and oxygen atoms in total. The van der Waals surface area contributed by atoms with Gasteiger partial charge in [0.1, 0.15) is 23.4 Å². The van der Waals surface area contributed by atoms with Gasteiger partial charge in [0.2, 0.25) is 5.91 Å². The molecule has 1 N–H and O–H groups in total. The zero-order valence-corrected chi connectivity index (χ0v) is 17.1. The average Bonchev–Trinajstić information content (AvgIpc) is 3.12. The van der Waals surface area contributed by atoms with Crippen LogP contribution in [0.4, 0.5) is 4.39 Å². The Morgan fingerprint density at radius 3 is 2.69 bits per heavy atom. The third kappa shape index (κ3) is 5.57. The zero-order valence-electron chi connectivity index (χ0n) is 16.4. The van der Waals surface area contributed by atoms with Gasteiger partial charge < -0.3 is 14.6 Å². The third-order valence-electron chi connectivity index (χ3n) is 4.57. The molecule has 0 aliphatic heterocycles. The molecule has 152 valence electrons. The minimum Gasteiger partial charge on any atom is -0.494 e. The molecule has 0 bridgehead atoms. The highest BCUT2D eigenvalue weighted by molar-refractivity contribution is 6.31. The van der Waals surface area contributed by atoms with Crippen LogP contribution in [0.2, 0.25) is 5.02 Å². The molecule has 1 amide bonds. The number of carbonyl (C=O) groups is 1. The van der Waals surface area contributed by atoms with Crippen molar-refractivity contribution in [3.8, 4) is 5.75 Å². The molecule has 1 aromatic heterocycles. The number of hydrogen-bond donors (Lipinski definition) is 1. The van der Waals surface area contributed by atoms with Gasteiger partial charge in [-0.2, -0.15) is 0 Å². The van der Waals surface area contributed by atoms with Gasteiger partial charge in [-0.05, 0) is 54.8 Å². The van der Waals surface area contributed by atoms with Crippen LogP contribution in [0.15, 0.2) is 54.9 Å². The number of carbonyl (C=O) groups excluding carboxylic acids is 1. The van der Waals surface area contributed by atoms with Gasteiger partial charge in [0.05, 0.1) is 6.61 Å². The van der Waals surface area contributed by atoms with E-state index in [2.05, 4.69) is 10.3 Å². The Hall–Kier alpha value is -2.86. The first-order chi connectivity index (χ1) is 13.9. The van der Waals surface area contributed by atoms with Gasteiger partial charge in [-0.15, -0.1) is 0 Å². The average molecular weight is 416 g/mol. The van der Waals surface area contributed by atoms with E-state index in [1.807, 2.05) is 24.6 Å². The SMILES string of the molecule is Cc1cc(OCCCC(=O)NC(c2ccc(F)cc2)c2nccn2C)ccc1Cl. The van der Waals surface area contributed by atoms with Crippen LogP contribution in [-0.4, -0.2) is 22.1 Å². The Bertz CT molecular complexity index is 972. The number of aryl methyl sites for hydroxylation is 2. The van der Waals surface area contributed by atoms with Crippen molar-refractivity contribution in [2.75, 3.05) is 6.61 Å². The van der Waals surface area contributed by atoms with Crippen LogP contribution in [0.3, 0.4) is 0 Å². The predicted molar refractivity (Wildman–Crippen MR) is 111 cm³/mol. The van der Waals surface area contributed by atoms with Gasteiger partial charge in [-0.3, -0.25) is 4.79 Å². The summed E-state index contributed by atoms with van der Waals surface area (Å²) >= 11 is 6.01. The van der Waals surface area contributed by atoms with Crippen molar-refractivity contribution in [2.45, 2.75) is 25.8 Å². The van der Waals surface area contributed by atoms with Crippen molar-refractivity contribution in [1.82, 2.24) is 14.9 Å². The van der Waals surface area contributed by atoms with E-state index in [1.54, 1.807) is 36.7 Å². The normalized spacial score (nSPS) is 11.9. The molecule has 0 spiro atoms. The largest absolute Gasteiger partial charge is 0.494 e. The minimum atomic E-state index is -0.456. The summed E-state index contributed by atoms with van der Waals surface area (Å²) in [7, 11) is 1.85. The second-order valence-electron chi connectivity index (χ2n) is 6.81. The van der Waals surface area contributed by atoms with Crippen LogP contribution in [0, 0.1) is 12.7 Å². The maximum absolute atomic E-state index is 13.3. The molecule has 1 heterocycles. The number of aromatic nitrogens is 2. The molecule has 0 saturated heterocycles. The number of nitrogens with zero attached hydrogens (tertiary/aromatic N) is 2. The Morgan fingerprint density at radius 1 is 1.28 bits per heavy atom. The highest BCUT2D eigenvalue weighted by Gasteiger charge is 2.20. The van der Waals surface area contributed by atoms with Crippen LogP contribution < -0.4 is 10.1 Å². The van der Waals surface area contributed by atoms with Gasteiger partial charge >= 0.3 is 0 Å². The number of imidazole rings is 1. The molecule has 3 rings (SSSR count). The molecule has 2 aromatic carbocycles. The van der Waals surface area contributed by atoms with Crippen molar-refractivity contribution in [2.24, 2.45) is 7.05 Å². The molecule has 3 aromatic rings. The standard InChI is InChI=1S/C22H23ClFN3O2/c1-15-14-18(9-10-19(15)23)29-13-3-4-20(28)26-21(22-25-11-12-27(22)2)16-5-7-17(24)8-6-16/h5-12,14,21H,3-4,13H2,1-2H3,(H,26,28). The molecule has 0 fully saturated rings. The molecule has 1 unspecified atom stereocenters. The van der Waals surface area contributed by atoms with Crippen LogP contribution in [0.5, 0.6) is 5.75 Å². The first-order valence-electron chi connectivity index (χ1n) is 9.35. The quantitative estimate of drug-likeness (QED) is 0.547. The first-order valence-corrected chi connectivity index (χ1v) is 9.73. The number of amides is 1. The Labute approximate surface area is 174 Å². The number of benzene rings is 2. The second-order valence-corrected chi connectivity index (χ2v) is 7.22. The van der Waals surface area contributed by atoms with E-state index in [9.17, 15) is 9.18 Å². The van der Waals surface area contributed by atoms with E-state index < -0.39 is 6.04 Å². The van der Waals surface area contributed by atoms with E-state index in [4.69, 9.17) is 16.3 Å². The van der Waals surface area contributed by atoms with Gasteiger partial charge in [0, 0.05) is 30.9 Å². The zero-order chi connectivity index (χ0) is 20.8. The first kappa shape index (κ1) is 20.9. The summed E-state index contributed by atoms with van der Waals surface area (Å²) < 4.78 is 20.8. The monoisotopic (exact) mass is 415 g/mol. The fourth-order valence-electron chi connectivity index (χ4n) is 2.97. The molecule has 0 radical (unpaired) electrons. The molecular formula is C22H23ClFN3O2. The summed E-state index contributed by atoms with van der Waals surface area (Å²) in [6.45, 7) is 2.33. The summed E-state index contributed by atoms with van der Waals surface area (Å²) in [5.41, 5.74) is 1.71. The topological polar surface area (TPSA) is 56.1 Å². The van der Waals surface area contributed by atoms with E-state index in [0.717, 1.165) is 16.9 Å². The molecule has 0 aliphatic rings. The fraction of sp³-hybridized carbons (Fsp3) is 0.273. The summed E-state index contributed by atoms with van der Waals surface area (Å²) in [5, 5.41) is 3.69. The maximum atomic E-state index is 13.3. The van der Waals surface area contributed by atoms with Crippen molar-refractivity contribution in [3.63, 3.8) is 0 Å². The van der Waals surface area contributed by atoms with Crippen molar-refractivity contribution in [3.05, 3.63) is 82.6 Å². The van der Waals surface area contributed by atoms with E-state index in [1.165, 1.54) is 12.1 Å². The van der Waals surface area contributed by atoms with Gasteiger partial charge in [0.25, 0.3) is 0 Å². The fourth-order valence-corrected chi connectivity index (χ4v) is 3.09. The lowest BCUT2D eigenvalue weighted by molar-refractivity contribution is -0.121. The second kappa shape index (κ2) is 9.56. The number of nitrogens with one attached hydrogen (secondary N) is 1. The Balaban J connectivity index is 1.58. The van der Waals surface area contributed by atoms with Crippen molar-refractivity contribution < 1.29 is 13.9 Å². The lowest BCUT2D eigenvalue weighted by Crippen LogP contribution is -2.31. The van der Waals surface area contributed by atoms with E-state index in [0.29, 0.717) is 30.3 Å². The molecule has 0 aliphatic carbocycles. The minimum absolute atomic E-state index is 0.127. The molecular weight excluding hydrogens is 393 g/mol. The van der Waals surface area contributed by atoms with E-state index >= 15 is 0 Å². The smallest absolute Gasteiger partial charge is 0.220 e. The Morgan fingerprint density at radius 2 is 2.03 bits per heavy atom. The van der Waals surface area contributed by atoms with E-state index in [-0.39, 0.29) is 11.7 Å². The van der Waals surface area contributed by atoms with Crippen LogP contribution in [0.25, 0.3) is 0 Å². The summed E-state index contributed by atoms with van der Waals surface area (Å²) in [5.74, 6) is 0.953.